The van der Waals surface area contributed by atoms with Crippen LogP contribution in [0.2, 0.25) is 0 Å². The van der Waals surface area contributed by atoms with Crippen molar-refractivity contribution in [2.45, 2.75) is 0 Å². The van der Waals surface area contributed by atoms with Crippen molar-refractivity contribution in [3.63, 3.8) is 0 Å². The van der Waals surface area contributed by atoms with Crippen molar-refractivity contribution in [2.24, 2.45) is 0 Å². The van der Waals surface area contributed by atoms with Gasteiger partial charge in [-0.15, -0.1) is 0 Å². The topological polar surface area (TPSA) is 36.9 Å². The summed E-state index contributed by atoms with van der Waals surface area (Å²) in [6.45, 7) is 0.917. The second-order valence-corrected chi connectivity index (χ2v) is 4.68. The average Bonchev–Trinajstić information content (AvgIpc) is 2.52. The molecule has 0 amide bonds. The van der Waals surface area contributed by atoms with Crippen LogP contribution in [0.1, 0.15) is 0 Å². The molecule has 0 aliphatic carbocycles. The minimum atomic E-state index is 0.458. The summed E-state index contributed by atoms with van der Waals surface area (Å²) in [4.78, 5) is 0. The molecule has 0 fully saturated rings. The molecular weight excluding hydrogens is 486 g/mol. The Hall–Kier alpha value is -0.900. The third-order valence-corrected chi connectivity index (χ3v) is 3.43. The Morgan fingerprint density at radius 1 is 0.650 bits per heavy atom. The van der Waals surface area contributed by atoms with Crippen LogP contribution in [0.5, 0.6) is 23.0 Å². The van der Waals surface area contributed by atoms with Gasteiger partial charge in [0.25, 0.3) is 0 Å². The SMILES string of the molecule is IOc1cccc(OCCOc2cccc(OI)c2)c1. The molecule has 0 heterocycles. The summed E-state index contributed by atoms with van der Waals surface area (Å²) in [5, 5.41) is 0. The van der Waals surface area contributed by atoms with E-state index in [0.717, 1.165) is 23.0 Å². The fourth-order valence-corrected chi connectivity index (χ4v) is 2.09. The molecular formula is C14H12I2O4. The number of ether oxygens (including phenoxy) is 2. The molecule has 2 aromatic rings. The Morgan fingerprint density at radius 3 is 1.45 bits per heavy atom. The Kier molecular flexibility index (Phi) is 6.51. The molecule has 0 radical (unpaired) electrons. The van der Waals surface area contributed by atoms with Crippen LogP contribution in [0, 0.1) is 0 Å². The van der Waals surface area contributed by atoms with Crippen LogP contribution in [-0.2, 0) is 0 Å². The number of hydrogen-bond acceptors (Lipinski definition) is 4. The van der Waals surface area contributed by atoms with Gasteiger partial charge in [-0.25, -0.2) is 0 Å². The van der Waals surface area contributed by atoms with E-state index in [0.29, 0.717) is 13.2 Å². The molecule has 2 rings (SSSR count). The summed E-state index contributed by atoms with van der Waals surface area (Å²) in [5.74, 6) is 3.03. The van der Waals surface area contributed by atoms with E-state index in [1.54, 1.807) is 0 Å². The van der Waals surface area contributed by atoms with E-state index in [9.17, 15) is 0 Å². The first kappa shape index (κ1) is 15.5. The maximum atomic E-state index is 5.59. The highest BCUT2D eigenvalue weighted by Gasteiger charge is 1.99. The summed E-state index contributed by atoms with van der Waals surface area (Å²) in [6.07, 6.45) is 0. The van der Waals surface area contributed by atoms with E-state index in [2.05, 4.69) is 0 Å². The molecule has 0 aromatic heterocycles. The Bertz CT molecular complexity index is 499. The fraction of sp³-hybridized carbons (Fsp3) is 0.143. The molecule has 0 spiro atoms. The lowest BCUT2D eigenvalue weighted by molar-refractivity contribution is 0.217. The van der Waals surface area contributed by atoms with Gasteiger partial charge in [-0.2, -0.15) is 0 Å². The number of hydrogen-bond donors (Lipinski definition) is 0. The van der Waals surface area contributed by atoms with Crippen molar-refractivity contribution in [3.05, 3.63) is 48.5 Å². The Morgan fingerprint density at radius 2 is 1.05 bits per heavy atom. The van der Waals surface area contributed by atoms with E-state index >= 15 is 0 Å². The molecule has 20 heavy (non-hydrogen) atoms. The third kappa shape index (κ3) is 4.89. The molecule has 0 bridgehead atoms. The number of benzene rings is 2. The molecule has 0 saturated heterocycles. The highest BCUT2D eigenvalue weighted by molar-refractivity contribution is 14.1. The van der Waals surface area contributed by atoms with Gasteiger partial charge in [0.05, 0.1) is 0 Å². The van der Waals surface area contributed by atoms with Gasteiger partial charge in [0.2, 0.25) is 0 Å². The van der Waals surface area contributed by atoms with E-state index < -0.39 is 0 Å². The molecule has 0 atom stereocenters. The highest BCUT2D eigenvalue weighted by Crippen LogP contribution is 2.22. The van der Waals surface area contributed by atoms with Gasteiger partial charge in [0, 0.05) is 12.1 Å². The Labute approximate surface area is 145 Å². The standard InChI is InChI=1S/C14H12I2O4/c15-19-13-5-1-3-11(9-13)17-7-8-18-12-4-2-6-14(10-12)20-16/h1-6,9-10H,7-8H2. The van der Waals surface area contributed by atoms with Crippen LogP contribution in [-0.4, -0.2) is 13.2 Å². The van der Waals surface area contributed by atoms with Gasteiger partial charge in [-0.05, 0) is 24.3 Å². The molecule has 0 N–H and O–H groups in total. The van der Waals surface area contributed by atoms with Gasteiger partial charge < -0.3 is 15.6 Å². The zero-order valence-corrected chi connectivity index (χ0v) is 14.7. The quantitative estimate of drug-likeness (QED) is 0.414. The van der Waals surface area contributed by atoms with Gasteiger partial charge in [-0.3, -0.25) is 0 Å². The first-order chi connectivity index (χ1) is 9.81. The average molecular weight is 498 g/mol. The summed E-state index contributed by atoms with van der Waals surface area (Å²) < 4.78 is 21.4. The first-order valence-corrected chi connectivity index (χ1v) is 7.61. The smallest absolute Gasteiger partial charge is 0.192 e. The van der Waals surface area contributed by atoms with Crippen LogP contribution < -0.4 is 15.6 Å². The molecule has 6 heteroatoms. The van der Waals surface area contributed by atoms with Crippen LogP contribution >= 0.6 is 46.0 Å². The highest BCUT2D eigenvalue weighted by atomic mass is 127. The van der Waals surface area contributed by atoms with Crippen molar-refractivity contribution < 1.29 is 15.6 Å². The molecule has 0 aliphatic rings. The van der Waals surface area contributed by atoms with Gasteiger partial charge in [-0.1, -0.05) is 12.1 Å². The lowest BCUT2D eigenvalue weighted by atomic mass is 10.3. The van der Waals surface area contributed by atoms with Crippen LogP contribution in [0.25, 0.3) is 0 Å². The van der Waals surface area contributed by atoms with Crippen LogP contribution in [0.3, 0.4) is 0 Å². The van der Waals surface area contributed by atoms with Gasteiger partial charge in [0.15, 0.2) is 46.0 Å². The second-order valence-electron chi connectivity index (χ2n) is 3.80. The van der Waals surface area contributed by atoms with E-state index in [1.807, 2.05) is 94.5 Å². The number of halogens is 2. The minimum Gasteiger partial charge on any atom is -0.490 e. The van der Waals surface area contributed by atoms with Gasteiger partial charge >= 0.3 is 0 Å². The van der Waals surface area contributed by atoms with E-state index in [-0.39, 0.29) is 0 Å². The van der Waals surface area contributed by atoms with Crippen molar-refractivity contribution in [1.29, 1.82) is 0 Å². The lowest BCUT2D eigenvalue weighted by Gasteiger charge is -2.09. The van der Waals surface area contributed by atoms with Crippen LogP contribution in [0.15, 0.2) is 48.5 Å². The maximum absolute atomic E-state index is 5.59. The molecule has 0 unspecified atom stereocenters. The summed E-state index contributed by atoms with van der Waals surface area (Å²) >= 11 is 3.67. The summed E-state index contributed by atoms with van der Waals surface area (Å²) in [6, 6.07) is 14.9. The van der Waals surface area contributed by atoms with Crippen molar-refractivity contribution in [2.75, 3.05) is 13.2 Å². The molecule has 0 aliphatic heterocycles. The zero-order valence-electron chi connectivity index (χ0n) is 10.4. The lowest BCUT2D eigenvalue weighted by Crippen LogP contribution is -2.08. The van der Waals surface area contributed by atoms with Gasteiger partial charge in [0.1, 0.15) is 36.2 Å². The summed E-state index contributed by atoms with van der Waals surface area (Å²) in [7, 11) is 0. The van der Waals surface area contributed by atoms with Crippen molar-refractivity contribution in [1.82, 2.24) is 0 Å². The number of rotatable bonds is 7. The fourth-order valence-electron chi connectivity index (χ4n) is 1.54. The van der Waals surface area contributed by atoms with Crippen LogP contribution in [0.4, 0.5) is 0 Å². The molecule has 2 aromatic carbocycles. The predicted molar refractivity (Wildman–Crippen MR) is 93.2 cm³/mol. The second kappa shape index (κ2) is 8.40. The Balaban J connectivity index is 1.78. The predicted octanol–water partition coefficient (Wildman–Crippen LogP) is 4.60. The van der Waals surface area contributed by atoms with Crippen molar-refractivity contribution in [3.8, 4) is 23.0 Å². The molecule has 106 valence electrons. The monoisotopic (exact) mass is 498 g/mol. The zero-order chi connectivity index (χ0) is 14.2. The maximum Gasteiger partial charge on any atom is 0.192 e. The molecule has 0 saturated carbocycles. The normalized spacial score (nSPS) is 9.90. The van der Waals surface area contributed by atoms with E-state index in [4.69, 9.17) is 15.6 Å². The minimum absolute atomic E-state index is 0.458. The van der Waals surface area contributed by atoms with E-state index in [1.165, 1.54) is 0 Å². The third-order valence-electron chi connectivity index (χ3n) is 2.41. The summed E-state index contributed by atoms with van der Waals surface area (Å²) in [5.41, 5.74) is 0. The van der Waals surface area contributed by atoms with Crippen molar-refractivity contribution >= 4 is 46.0 Å². The largest absolute Gasteiger partial charge is 0.490 e. The molecule has 4 nitrogen and oxygen atoms in total. The first-order valence-electron chi connectivity index (χ1n) is 5.85.